The summed E-state index contributed by atoms with van der Waals surface area (Å²) in [4.78, 5) is 2.44. The minimum absolute atomic E-state index is 0.142. The summed E-state index contributed by atoms with van der Waals surface area (Å²) >= 11 is 0. The smallest absolute Gasteiger partial charge is 0.0693 e. The largest absolute Gasteiger partial charge is 0.392 e. The monoisotopic (exact) mass is 198 g/mol. The molecule has 0 amide bonds. The van der Waals surface area contributed by atoms with Gasteiger partial charge in [-0.3, -0.25) is 4.90 Å². The zero-order valence-electron chi connectivity index (χ0n) is 9.02. The van der Waals surface area contributed by atoms with Crippen LogP contribution in [0.15, 0.2) is 0 Å². The second kappa shape index (κ2) is 4.17. The molecule has 1 heterocycles. The van der Waals surface area contributed by atoms with E-state index in [0.29, 0.717) is 18.1 Å². The van der Waals surface area contributed by atoms with E-state index in [0.717, 1.165) is 25.8 Å². The van der Waals surface area contributed by atoms with Gasteiger partial charge >= 0.3 is 0 Å². The van der Waals surface area contributed by atoms with Crippen LogP contribution >= 0.6 is 0 Å². The number of rotatable bonds is 1. The molecule has 3 heteroatoms. The van der Waals surface area contributed by atoms with E-state index in [-0.39, 0.29) is 6.10 Å². The van der Waals surface area contributed by atoms with E-state index in [1.165, 1.54) is 12.8 Å². The highest BCUT2D eigenvalue weighted by Gasteiger charge is 2.36. The van der Waals surface area contributed by atoms with Gasteiger partial charge in [0.25, 0.3) is 0 Å². The summed E-state index contributed by atoms with van der Waals surface area (Å²) in [5.41, 5.74) is 6.09. The van der Waals surface area contributed by atoms with Crippen LogP contribution in [0, 0.1) is 0 Å². The maximum absolute atomic E-state index is 9.81. The molecule has 82 valence electrons. The minimum atomic E-state index is -0.142. The molecular weight excluding hydrogens is 176 g/mol. The van der Waals surface area contributed by atoms with Crippen LogP contribution in [0.2, 0.25) is 0 Å². The number of hydrogen-bond donors (Lipinski definition) is 2. The van der Waals surface area contributed by atoms with Gasteiger partial charge in [-0.15, -0.1) is 0 Å². The standard InChI is InChI=1S/C11H22N2O/c1-8-11(14)6-3-7-13(8)10-5-2-4-9(10)12/h8-11,14H,2-7,12H2,1H3. The second-order valence-electron chi connectivity index (χ2n) is 4.85. The number of nitrogens with two attached hydrogens (primary N) is 1. The third-order valence-electron chi connectivity index (χ3n) is 3.95. The summed E-state index contributed by atoms with van der Waals surface area (Å²) in [5, 5.41) is 9.81. The predicted octanol–water partition coefficient (Wildman–Crippen LogP) is 0.711. The van der Waals surface area contributed by atoms with Crippen LogP contribution in [0.4, 0.5) is 0 Å². The zero-order chi connectivity index (χ0) is 10.1. The van der Waals surface area contributed by atoms with Crippen LogP contribution in [0.5, 0.6) is 0 Å². The number of hydrogen-bond acceptors (Lipinski definition) is 3. The van der Waals surface area contributed by atoms with Crippen molar-refractivity contribution in [1.82, 2.24) is 4.90 Å². The highest BCUT2D eigenvalue weighted by Crippen LogP contribution is 2.28. The lowest BCUT2D eigenvalue weighted by atomic mass is 9.96. The molecule has 4 atom stereocenters. The van der Waals surface area contributed by atoms with Gasteiger partial charge in [0.05, 0.1) is 6.10 Å². The molecule has 1 aliphatic carbocycles. The minimum Gasteiger partial charge on any atom is -0.392 e. The summed E-state index contributed by atoms with van der Waals surface area (Å²) < 4.78 is 0. The first-order valence-electron chi connectivity index (χ1n) is 5.89. The predicted molar refractivity (Wildman–Crippen MR) is 57.0 cm³/mol. The van der Waals surface area contributed by atoms with E-state index in [9.17, 15) is 5.11 Å². The average Bonchev–Trinajstić information content (AvgIpc) is 2.57. The Hall–Kier alpha value is -0.120. The van der Waals surface area contributed by atoms with Crippen molar-refractivity contribution in [3.8, 4) is 0 Å². The van der Waals surface area contributed by atoms with Crippen LogP contribution in [0.25, 0.3) is 0 Å². The number of piperidine rings is 1. The summed E-state index contributed by atoms with van der Waals surface area (Å²) in [6, 6.07) is 1.17. The topological polar surface area (TPSA) is 49.5 Å². The van der Waals surface area contributed by atoms with Crippen LogP contribution < -0.4 is 5.73 Å². The third-order valence-corrected chi connectivity index (χ3v) is 3.95. The molecule has 0 bridgehead atoms. The van der Waals surface area contributed by atoms with Crippen molar-refractivity contribution < 1.29 is 5.11 Å². The molecule has 1 saturated heterocycles. The van der Waals surface area contributed by atoms with Crippen molar-refractivity contribution in [3.05, 3.63) is 0 Å². The van der Waals surface area contributed by atoms with Crippen molar-refractivity contribution >= 4 is 0 Å². The lowest BCUT2D eigenvalue weighted by Gasteiger charge is -2.42. The molecule has 0 aromatic rings. The van der Waals surface area contributed by atoms with E-state index in [4.69, 9.17) is 5.73 Å². The van der Waals surface area contributed by atoms with Crippen molar-refractivity contribution in [3.63, 3.8) is 0 Å². The molecule has 2 aliphatic rings. The van der Waals surface area contributed by atoms with E-state index in [2.05, 4.69) is 11.8 Å². The normalized spacial score (nSPS) is 45.6. The molecule has 0 radical (unpaired) electrons. The molecule has 1 saturated carbocycles. The Kier molecular flexibility index (Phi) is 3.10. The molecule has 1 aliphatic heterocycles. The first kappa shape index (κ1) is 10.4. The second-order valence-corrected chi connectivity index (χ2v) is 4.85. The van der Waals surface area contributed by atoms with E-state index >= 15 is 0 Å². The van der Waals surface area contributed by atoms with E-state index < -0.39 is 0 Å². The summed E-state index contributed by atoms with van der Waals surface area (Å²) in [7, 11) is 0. The Bertz CT molecular complexity index is 198. The summed E-state index contributed by atoms with van der Waals surface area (Å²) in [5.74, 6) is 0. The van der Waals surface area contributed by atoms with Crippen LogP contribution in [0.3, 0.4) is 0 Å². The first-order valence-corrected chi connectivity index (χ1v) is 5.89. The fourth-order valence-electron chi connectivity index (χ4n) is 3.00. The molecule has 14 heavy (non-hydrogen) atoms. The van der Waals surface area contributed by atoms with Gasteiger partial charge in [0.15, 0.2) is 0 Å². The molecular formula is C11H22N2O. The number of aliphatic hydroxyl groups is 1. The first-order chi connectivity index (χ1) is 6.70. The van der Waals surface area contributed by atoms with Gasteiger partial charge in [-0.25, -0.2) is 0 Å². The van der Waals surface area contributed by atoms with Crippen molar-refractivity contribution in [2.75, 3.05) is 6.54 Å². The number of likely N-dealkylation sites (tertiary alicyclic amines) is 1. The van der Waals surface area contributed by atoms with Gasteiger partial charge in [0.2, 0.25) is 0 Å². The maximum atomic E-state index is 9.81. The highest BCUT2D eigenvalue weighted by molar-refractivity contribution is 4.93. The van der Waals surface area contributed by atoms with Gasteiger partial charge < -0.3 is 10.8 Å². The summed E-state index contributed by atoms with van der Waals surface area (Å²) in [6.07, 6.45) is 5.57. The van der Waals surface area contributed by atoms with Gasteiger partial charge in [0.1, 0.15) is 0 Å². The molecule has 3 nitrogen and oxygen atoms in total. The summed E-state index contributed by atoms with van der Waals surface area (Å²) in [6.45, 7) is 3.26. The molecule has 0 aromatic heterocycles. The Labute approximate surface area is 86.3 Å². The van der Waals surface area contributed by atoms with Crippen molar-refractivity contribution in [2.24, 2.45) is 5.73 Å². The number of nitrogens with zero attached hydrogens (tertiary/aromatic N) is 1. The Morgan fingerprint density at radius 1 is 1.21 bits per heavy atom. The molecule has 0 spiro atoms. The Balaban J connectivity index is 2.01. The quantitative estimate of drug-likeness (QED) is 0.652. The maximum Gasteiger partial charge on any atom is 0.0693 e. The van der Waals surface area contributed by atoms with Gasteiger partial charge in [-0.2, -0.15) is 0 Å². The van der Waals surface area contributed by atoms with E-state index in [1.54, 1.807) is 0 Å². The van der Waals surface area contributed by atoms with Gasteiger partial charge in [-0.1, -0.05) is 6.42 Å². The van der Waals surface area contributed by atoms with Crippen molar-refractivity contribution in [2.45, 2.75) is 63.3 Å². The molecule has 0 aromatic carbocycles. The average molecular weight is 198 g/mol. The lowest BCUT2D eigenvalue weighted by molar-refractivity contribution is -0.00541. The van der Waals surface area contributed by atoms with Gasteiger partial charge in [0, 0.05) is 18.1 Å². The third kappa shape index (κ3) is 1.81. The fraction of sp³-hybridized carbons (Fsp3) is 1.00. The van der Waals surface area contributed by atoms with Gasteiger partial charge in [-0.05, 0) is 39.2 Å². The molecule has 3 N–H and O–H groups in total. The zero-order valence-corrected chi connectivity index (χ0v) is 9.02. The molecule has 2 fully saturated rings. The Morgan fingerprint density at radius 3 is 2.64 bits per heavy atom. The Morgan fingerprint density at radius 2 is 2.00 bits per heavy atom. The SMILES string of the molecule is CC1C(O)CCCN1C1CCCC1N. The van der Waals surface area contributed by atoms with Crippen LogP contribution in [-0.4, -0.2) is 40.8 Å². The fourth-order valence-corrected chi connectivity index (χ4v) is 3.00. The van der Waals surface area contributed by atoms with Crippen LogP contribution in [0.1, 0.15) is 39.0 Å². The molecule has 2 rings (SSSR count). The van der Waals surface area contributed by atoms with Crippen LogP contribution in [-0.2, 0) is 0 Å². The van der Waals surface area contributed by atoms with Crippen molar-refractivity contribution in [1.29, 1.82) is 0 Å². The molecule has 4 unspecified atom stereocenters. The van der Waals surface area contributed by atoms with E-state index in [1.807, 2.05) is 0 Å². The number of aliphatic hydroxyl groups excluding tert-OH is 1. The lowest BCUT2D eigenvalue weighted by Crippen LogP contribution is -2.55. The highest BCUT2D eigenvalue weighted by atomic mass is 16.3.